The minimum absolute atomic E-state index is 0.0544. The zero-order valence-electron chi connectivity index (χ0n) is 16.1. The number of likely N-dealkylation sites (tertiary alicyclic amines) is 1. The van der Waals surface area contributed by atoms with Crippen LogP contribution in [0.3, 0.4) is 0 Å². The second kappa shape index (κ2) is 9.43. The van der Waals surface area contributed by atoms with E-state index in [1.54, 1.807) is 18.2 Å². The zero-order valence-corrected chi connectivity index (χ0v) is 17.6. The van der Waals surface area contributed by atoms with Crippen LogP contribution in [-0.4, -0.2) is 53.3 Å². The number of rotatable bonds is 6. The molecule has 1 aromatic carbocycles. The fourth-order valence-corrected chi connectivity index (χ4v) is 4.30. The number of nitrogens with zero attached hydrogens (tertiary/aromatic N) is 3. The smallest absolute Gasteiger partial charge is 0.241 e. The highest BCUT2D eigenvalue weighted by Crippen LogP contribution is 2.28. The first kappa shape index (κ1) is 20.6. The first-order valence-corrected chi connectivity index (χ1v) is 10.7. The average molecular weight is 439 g/mol. The number of carbonyl (C=O) groups excluding carboxylic acids is 1. The molecule has 1 amide bonds. The molecule has 1 unspecified atom stereocenters. The van der Waals surface area contributed by atoms with E-state index in [0.717, 1.165) is 45.4 Å². The Labute approximate surface area is 179 Å². The Morgan fingerprint density at radius 1 is 1.24 bits per heavy atom. The Morgan fingerprint density at radius 3 is 2.79 bits per heavy atom. The Balaban J connectivity index is 1.25. The summed E-state index contributed by atoms with van der Waals surface area (Å²) in [4.78, 5) is 19.1. The van der Waals surface area contributed by atoms with Crippen molar-refractivity contribution in [3.63, 3.8) is 0 Å². The van der Waals surface area contributed by atoms with Gasteiger partial charge in [-0.15, -0.1) is 0 Å². The van der Waals surface area contributed by atoms with E-state index in [1.807, 2.05) is 0 Å². The monoisotopic (exact) mass is 438 g/mol. The predicted molar refractivity (Wildman–Crippen MR) is 110 cm³/mol. The summed E-state index contributed by atoms with van der Waals surface area (Å²) in [6, 6.07) is 5.18. The molecule has 0 radical (unpaired) electrons. The molecule has 0 bridgehead atoms. The van der Waals surface area contributed by atoms with Gasteiger partial charge >= 0.3 is 0 Å². The van der Waals surface area contributed by atoms with Crippen LogP contribution in [-0.2, 0) is 16.1 Å². The number of nitrogens with one attached hydrogen (secondary N) is 1. The maximum atomic E-state index is 12.4. The van der Waals surface area contributed by atoms with Gasteiger partial charge in [-0.1, -0.05) is 28.4 Å². The molecule has 4 rings (SSSR count). The molecule has 29 heavy (non-hydrogen) atoms. The van der Waals surface area contributed by atoms with E-state index < -0.39 is 0 Å². The number of ether oxygens (including phenoxy) is 1. The third-order valence-electron chi connectivity index (χ3n) is 5.49. The number of hydrogen-bond donors (Lipinski definition) is 1. The lowest BCUT2D eigenvalue weighted by molar-refractivity contribution is -0.127. The normalized spacial score (nSPS) is 20.8. The van der Waals surface area contributed by atoms with Crippen LogP contribution in [0.5, 0.6) is 0 Å². The minimum Gasteiger partial charge on any atom is -0.376 e. The largest absolute Gasteiger partial charge is 0.376 e. The molecule has 0 saturated carbocycles. The number of halogens is 2. The molecule has 1 aromatic heterocycles. The molecule has 7 nitrogen and oxygen atoms in total. The summed E-state index contributed by atoms with van der Waals surface area (Å²) < 4.78 is 10.9. The van der Waals surface area contributed by atoms with Crippen LogP contribution >= 0.6 is 23.2 Å². The SMILES string of the molecule is O=C(NCC1CCCO1)C1CCN(Cc2nc(-c3ccc(Cl)cc3Cl)no2)CC1. The molecule has 1 N–H and O–H groups in total. The van der Waals surface area contributed by atoms with Gasteiger partial charge in [-0.3, -0.25) is 9.69 Å². The van der Waals surface area contributed by atoms with Gasteiger partial charge in [0.25, 0.3) is 0 Å². The van der Waals surface area contributed by atoms with E-state index in [0.29, 0.717) is 40.4 Å². The molecule has 3 heterocycles. The third-order valence-corrected chi connectivity index (χ3v) is 6.03. The van der Waals surface area contributed by atoms with Crippen molar-refractivity contribution < 1.29 is 14.1 Å². The summed E-state index contributed by atoms with van der Waals surface area (Å²) in [6.45, 7) is 3.62. The summed E-state index contributed by atoms with van der Waals surface area (Å²) >= 11 is 12.2. The number of aromatic nitrogens is 2. The maximum absolute atomic E-state index is 12.4. The van der Waals surface area contributed by atoms with Gasteiger partial charge in [0, 0.05) is 29.7 Å². The molecule has 1 atom stereocenters. The lowest BCUT2D eigenvalue weighted by Gasteiger charge is -2.30. The first-order valence-electron chi connectivity index (χ1n) is 9.98. The van der Waals surface area contributed by atoms with Crippen LogP contribution in [0.25, 0.3) is 11.4 Å². The summed E-state index contributed by atoms with van der Waals surface area (Å²) in [7, 11) is 0. The van der Waals surface area contributed by atoms with Crippen molar-refractivity contribution in [1.29, 1.82) is 0 Å². The van der Waals surface area contributed by atoms with E-state index >= 15 is 0 Å². The van der Waals surface area contributed by atoms with Gasteiger partial charge in [-0.2, -0.15) is 4.98 Å². The summed E-state index contributed by atoms with van der Waals surface area (Å²) in [6.07, 6.45) is 3.94. The molecule has 9 heteroatoms. The second-order valence-electron chi connectivity index (χ2n) is 7.57. The van der Waals surface area contributed by atoms with E-state index in [9.17, 15) is 4.79 Å². The molecule has 0 spiro atoms. The quantitative estimate of drug-likeness (QED) is 0.742. The number of hydrogen-bond acceptors (Lipinski definition) is 6. The molecule has 2 saturated heterocycles. The van der Waals surface area contributed by atoms with Crippen molar-refractivity contribution in [1.82, 2.24) is 20.4 Å². The molecular weight excluding hydrogens is 415 g/mol. The van der Waals surface area contributed by atoms with Crippen LogP contribution in [0.4, 0.5) is 0 Å². The van der Waals surface area contributed by atoms with Crippen molar-refractivity contribution in [3.05, 3.63) is 34.1 Å². The van der Waals surface area contributed by atoms with Crippen molar-refractivity contribution in [3.8, 4) is 11.4 Å². The Kier molecular flexibility index (Phi) is 6.70. The fourth-order valence-electron chi connectivity index (χ4n) is 3.81. The number of piperidine rings is 1. The maximum Gasteiger partial charge on any atom is 0.241 e. The van der Waals surface area contributed by atoms with Crippen molar-refractivity contribution >= 4 is 29.1 Å². The van der Waals surface area contributed by atoms with E-state index in [2.05, 4.69) is 20.4 Å². The van der Waals surface area contributed by atoms with E-state index in [-0.39, 0.29) is 17.9 Å². The van der Waals surface area contributed by atoms with Gasteiger partial charge in [-0.25, -0.2) is 0 Å². The highest BCUT2D eigenvalue weighted by molar-refractivity contribution is 6.36. The molecular formula is C20H24Cl2N4O3. The fraction of sp³-hybridized carbons (Fsp3) is 0.550. The summed E-state index contributed by atoms with van der Waals surface area (Å²) in [5.41, 5.74) is 0.688. The molecule has 0 aliphatic carbocycles. The highest BCUT2D eigenvalue weighted by atomic mass is 35.5. The van der Waals surface area contributed by atoms with Crippen LogP contribution in [0.15, 0.2) is 22.7 Å². The minimum atomic E-state index is 0.0544. The zero-order chi connectivity index (χ0) is 20.2. The molecule has 2 fully saturated rings. The van der Waals surface area contributed by atoms with Gasteiger partial charge in [0.05, 0.1) is 17.7 Å². The second-order valence-corrected chi connectivity index (χ2v) is 8.41. The average Bonchev–Trinajstić information content (AvgIpc) is 3.39. The van der Waals surface area contributed by atoms with Crippen molar-refractivity contribution in [2.24, 2.45) is 5.92 Å². The molecule has 2 aromatic rings. The van der Waals surface area contributed by atoms with E-state index in [1.165, 1.54) is 0 Å². The van der Waals surface area contributed by atoms with Gasteiger partial charge in [-0.05, 0) is 57.0 Å². The number of amides is 1. The lowest BCUT2D eigenvalue weighted by atomic mass is 9.96. The Bertz CT molecular complexity index is 846. The van der Waals surface area contributed by atoms with Crippen LogP contribution in [0, 0.1) is 5.92 Å². The summed E-state index contributed by atoms with van der Waals surface area (Å²) in [5, 5.41) is 8.12. The molecule has 156 valence electrons. The van der Waals surface area contributed by atoms with E-state index in [4.69, 9.17) is 32.5 Å². The van der Waals surface area contributed by atoms with Crippen molar-refractivity contribution in [2.45, 2.75) is 38.3 Å². The van der Waals surface area contributed by atoms with Gasteiger partial charge < -0.3 is 14.6 Å². The topological polar surface area (TPSA) is 80.5 Å². The Hall–Kier alpha value is -1.67. The van der Waals surface area contributed by atoms with Gasteiger partial charge in [0.2, 0.25) is 17.6 Å². The first-order chi connectivity index (χ1) is 14.1. The van der Waals surface area contributed by atoms with Gasteiger partial charge in [0.1, 0.15) is 0 Å². The summed E-state index contributed by atoms with van der Waals surface area (Å²) in [5.74, 6) is 1.17. The Morgan fingerprint density at radius 2 is 2.07 bits per heavy atom. The highest BCUT2D eigenvalue weighted by Gasteiger charge is 2.27. The number of carbonyl (C=O) groups is 1. The standard InChI is InChI=1S/C20H24Cl2N4O3/c21-14-3-4-16(17(22)10-14)19-24-18(29-25-19)12-26-7-5-13(6-8-26)20(27)23-11-15-2-1-9-28-15/h3-4,10,13,15H,1-2,5-9,11-12H2,(H,23,27). The van der Waals surface area contributed by atoms with Crippen LogP contribution in [0.1, 0.15) is 31.6 Å². The van der Waals surface area contributed by atoms with Gasteiger partial charge in [0.15, 0.2) is 0 Å². The third kappa shape index (κ3) is 5.28. The molecule has 2 aliphatic rings. The van der Waals surface area contributed by atoms with Crippen LogP contribution < -0.4 is 5.32 Å². The molecule has 2 aliphatic heterocycles. The van der Waals surface area contributed by atoms with Crippen LogP contribution in [0.2, 0.25) is 10.0 Å². The van der Waals surface area contributed by atoms with Crippen molar-refractivity contribution in [2.75, 3.05) is 26.2 Å². The number of benzene rings is 1. The lowest BCUT2D eigenvalue weighted by Crippen LogP contribution is -2.42. The predicted octanol–water partition coefficient (Wildman–Crippen LogP) is 3.55.